The maximum atomic E-state index is 11.8. The van der Waals surface area contributed by atoms with Crippen LogP contribution in [-0.4, -0.2) is 33.8 Å². The van der Waals surface area contributed by atoms with Crippen molar-refractivity contribution in [2.75, 3.05) is 6.54 Å². The number of hydrogen-bond donors (Lipinski definition) is 2. The molecule has 7 heteroatoms. The highest BCUT2D eigenvalue weighted by Gasteiger charge is 2.19. The van der Waals surface area contributed by atoms with E-state index < -0.39 is 5.97 Å². The maximum Gasteiger partial charge on any atom is 0.347 e. The van der Waals surface area contributed by atoms with Gasteiger partial charge in [-0.05, 0) is 20.3 Å². The van der Waals surface area contributed by atoms with Gasteiger partial charge in [0.25, 0.3) is 0 Å². The average molecular weight is 302 g/mol. The van der Waals surface area contributed by atoms with Crippen molar-refractivity contribution in [3.8, 4) is 0 Å². The van der Waals surface area contributed by atoms with E-state index in [9.17, 15) is 9.59 Å². The number of hydrogen-bond acceptors (Lipinski definition) is 5. The molecule has 0 spiro atoms. The Morgan fingerprint density at radius 1 is 1.53 bits per heavy atom. The van der Waals surface area contributed by atoms with E-state index in [2.05, 4.69) is 17.2 Å². The van der Waals surface area contributed by atoms with Crippen LogP contribution in [0.1, 0.15) is 42.1 Å². The van der Waals surface area contributed by atoms with Crippen molar-refractivity contribution < 1.29 is 14.7 Å². The molecule has 19 heavy (non-hydrogen) atoms. The molecule has 1 heterocycles. The van der Waals surface area contributed by atoms with Crippen molar-refractivity contribution in [2.45, 2.75) is 43.2 Å². The summed E-state index contributed by atoms with van der Waals surface area (Å²) in [5.74, 6) is -1.01. The number of carbonyl (C=O) groups excluding carboxylic acids is 1. The number of carbonyl (C=O) groups is 2. The molecule has 2 N–H and O–H groups in total. The Morgan fingerprint density at radius 2 is 2.21 bits per heavy atom. The largest absolute Gasteiger partial charge is 0.477 e. The molecule has 0 aliphatic carbocycles. The van der Waals surface area contributed by atoms with Gasteiger partial charge in [-0.15, -0.1) is 11.3 Å². The second kappa shape index (κ2) is 7.49. The summed E-state index contributed by atoms with van der Waals surface area (Å²) in [6.45, 7) is 6.20. The highest BCUT2D eigenvalue weighted by atomic mass is 32.2. The van der Waals surface area contributed by atoms with E-state index in [4.69, 9.17) is 5.11 Å². The Labute approximate surface area is 120 Å². The number of amides is 1. The van der Waals surface area contributed by atoms with Gasteiger partial charge in [-0.25, -0.2) is 9.78 Å². The molecule has 0 saturated carbocycles. The lowest BCUT2D eigenvalue weighted by atomic mass is 10.3. The third-order valence-electron chi connectivity index (χ3n) is 2.45. The number of carboxylic acid groups (broad SMARTS) is 1. The minimum absolute atomic E-state index is 0.0387. The van der Waals surface area contributed by atoms with Crippen molar-refractivity contribution in [2.24, 2.45) is 0 Å². The van der Waals surface area contributed by atoms with E-state index in [1.807, 2.05) is 0 Å². The normalized spacial score (nSPS) is 12.2. The molecule has 1 aromatic rings. The van der Waals surface area contributed by atoms with Crippen LogP contribution in [0.4, 0.5) is 0 Å². The van der Waals surface area contributed by atoms with Gasteiger partial charge in [0.2, 0.25) is 5.91 Å². The summed E-state index contributed by atoms with van der Waals surface area (Å²) in [7, 11) is 0. The van der Waals surface area contributed by atoms with Crippen molar-refractivity contribution in [1.82, 2.24) is 10.3 Å². The summed E-state index contributed by atoms with van der Waals surface area (Å²) in [4.78, 5) is 27.1. The molecular weight excluding hydrogens is 284 g/mol. The summed E-state index contributed by atoms with van der Waals surface area (Å²) in [6, 6.07) is 0. The first kappa shape index (κ1) is 16.0. The Balaban J connectivity index is 2.56. The third-order valence-corrected chi connectivity index (χ3v) is 4.79. The second-order valence-electron chi connectivity index (χ2n) is 4.10. The van der Waals surface area contributed by atoms with Crippen molar-refractivity contribution in [1.29, 1.82) is 0 Å². The molecule has 1 amide bonds. The van der Waals surface area contributed by atoms with Crippen LogP contribution in [0.2, 0.25) is 0 Å². The molecular formula is C12H18N2O3S2. The number of nitrogens with zero attached hydrogens (tertiary/aromatic N) is 1. The molecule has 1 aromatic heterocycles. The molecule has 0 saturated heterocycles. The van der Waals surface area contributed by atoms with Gasteiger partial charge in [0.15, 0.2) is 4.34 Å². The molecule has 0 aromatic carbocycles. The summed E-state index contributed by atoms with van der Waals surface area (Å²) in [6.07, 6.45) is 2.00. The lowest BCUT2D eigenvalue weighted by molar-refractivity contribution is -0.120. The van der Waals surface area contributed by atoms with E-state index >= 15 is 0 Å². The van der Waals surface area contributed by atoms with Gasteiger partial charge in [-0.1, -0.05) is 25.1 Å². The van der Waals surface area contributed by atoms with Crippen molar-refractivity contribution in [3.63, 3.8) is 0 Å². The Morgan fingerprint density at radius 3 is 2.74 bits per heavy atom. The number of aryl methyl sites for hydroxylation is 1. The van der Waals surface area contributed by atoms with Crippen LogP contribution in [0.5, 0.6) is 0 Å². The maximum absolute atomic E-state index is 11.8. The first-order valence-electron chi connectivity index (χ1n) is 6.10. The van der Waals surface area contributed by atoms with Gasteiger partial charge in [-0.3, -0.25) is 4.79 Å². The summed E-state index contributed by atoms with van der Waals surface area (Å²) in [5.41, 5.74) is 0.499. The van der Waals surface area contributed by atoms with E-state index in [0.29, 0.717) is 16.6 Å². The minimum atomic E-state index is -0.970. The zero-order valence-corrected chi connectivity index (χ0v) is 12.9. The van der Waals surface area contributed by atoms with Crippen LogP contribution in [0, 0.1) is 6.92 Å². The van der Waals surface area contributed by atoms with Gasteiger partial charge in [-0.2, -0.15) is 0 Å². The zero-order chi connectivity index (χ0) is 14.4. The monoisotopic (exact) mass is 302 g/mol. The lowest BCUT2D eigenvalue weighted by Gasteiger charge is -2.09. The van der Waals surface area contributed by atoms with Crippen LogP contribution in [0.3, 0.4) is 0 Å². The Kier molecular flexibility index (Phi) is 6.30. The molecule has 0 bridgehead atoms. The Hall–Kier alpha value is -1.08. The van der Waals surface area contributed by atoms with Crippen molar-refractivity contribution in [3.05, 3.63) is 10.6 Å². The van der Waals surface area contributed by atoms with Gasteiger partial charge in [0.05, 0.1) is 10.9 Å². The molecule has 1 rings (SSSR count). The fraction of sp³-hybridized carbons (Fsp3) is 0.583. The highest BCUT2D eigenvalue weighted by Crippen LogP contribution is 2.30. The van der Waals surface area contributed by atoms with Gasteiger partial charge in [0.1, 0.15) is 4.88 Å². The second-order valence-corrected chi connectivity index (χ2v) is 6.69. The van der Waals surface area contributed by atoms with Gasteiger partial charge < -0.3 is 10.4 Å². The van der Waals surface area contributed by atoms with Crippen LogP contribution >= 0.6 is 23.1 Å². The van der Waals surface area contributed by atoms with E-state index in [1.165, 1.54) is 11.8 Å². The standard InChI is InChI=1S/C12H18N2O3S2/c1-4-5-6-13-10(15)8(3)18-12-14-7(2)9(19-12)11(16)17/h8H,4-6H2,1-3H3,(H,13,15)(H,16,17). The molecule has 5 nitrogen and oxygen atoms in total. The first-order valence-corrected chi connectivity index (χ1v) is 7.80. The van der Waals surface area contributed by atoms with Crippen LogP contribution in [0.25, 0.3) is 0 Å². The first-order chi connectivity index (χ1) is 8.95. The van der Waals surface area contributed by atoms with E-state index in [-0.39, 0.29) is 16.0 Å². The fourth-order valence-electron chi connectivity index (χ4n) is 1.36. The molecule has 0 radical (unpaired) electrons. The highest BCUT2D eigenvalue weighted by molar-refractivity contribution is 8.02. The number of carboxylic acids is 1. The smallest absolute Gasteiger partial charge is 0.347 e. The summed E-state index contributed by atoms with van der Waals surface area (Å²) in [5, 5.41) is 11.5. The van der Waals surface area contributed by atoms with Crippen LogP contribution in [0.15, 0.2) is 4.34 Å². The summed E-state index contributed by atoms with van der Waals surface area (Å²) < 4.78 is 0.619. The fourth-order valence-corrected chi connectivity index (χ4v) is 3.55. The number of unbranched alkanes of at least 4 members (excludes halogenated alkanes) is 1. The minimum Gasteiger partial charge on any atom is -0.477 e. The average Bonchev–Trinajstić information content (AvgIpc) is 2.70. The van der Waals surface area contributed by atoms with E-state index in [1.54, 1.807) is 13.8 Å². The summed E-state index contributed by atoms with van der Waals surface area (Å²) >= 11 is 2.41. The predicted molar refractivity (Wildman–Crippen MR) is 77.0 cm³/mol. The Bertz CT molecular complexity index is 460. The number of aromatic carboxylic acids is 1. The van der Waals surface area contributed by atoms with Gasteiger partial charge in [0, 0.05) is 6.54 Å². The van der Waals surface area contributed by atoms with Crippen LogP contribution in [-0.2, 0) is 4.79 Å². The van der Waals surface area contributed by atoms with Gasteiger partial charge >= 0.3 is 5.97 Å². The molecule has 1 unspecified atom stereocenters. The zero-order valence-electron chi connectivity index (χ0n) is 11.2. The molecule has 106 valence electrons. The van der Waals surface area contributed by atoms with E-state index in [0.717, 1.165) is 24.2 Å². The number of thiazole rings is 1. The SMILES string of the molecule is CCCCNC(=O)C(C)Sc1nc(C)c(C(=O)O)s1. The number of thioether (sulfide) groups is 1. The molecule has 0 aliphatic rings. The van der Waals surface area contributed by atoms with Crippen LogP contribution < -0.4 is 5.32 Å². The predicted octanol–water partition coefficient (Wildman–Crippen LogP) is 2.55. The topological polar surface area (TPSA) is 79.3 Å². The number of nitrogens with one attached hydrogen (secondary N) is 1. The lowest BCUT2D eigenvalue weighted by Crippen LogP contribution is -2.31. The number of aromatic nitrogens is 1. The molecule has 0 aliphatic heterocycles. The quantitative estimate of drug-likeness (QED) is 0.598. The number of rotatable bonds is 7. The molecule has 0 fully saturated rings. The molecule has 1 atom stereocenters. The third kappa shape index (κ3) is 4.83. The van der Waals surface area contributed by atoms with Crippen molar-refractivity contribution >= 4 is 35.0 Å².